The highest BCUT2D eigenvalue weighted by Gasteiger charge is 2.15. The molecule has 4 nitrogen and oxygen atoms in total. The molecule has 0 spiro atoms. The molecule has 0 radical (unpaired) electrons. The molecule has 0 aliphatic carbocycles. The third-order valence-corrected chi connectivity index (χ3v) is 2.60. The van der Waals surface area contributed by atoms with Gasteiger partial charge in [-0.15, -0.1) is 0 Å². The Labute approximate surface area is 107 Å². The summed E-state index contributed by atoms with van der Waals surface area (Å²) in [6.07, 6.45) is 0.157. The molecular formula is C12H19ClN2O2. The Morgan fingerprint density at radius 1 is 1.41 bits per heavy atom. The summed E-state index contributed by atoms with van der Waals surface area (Å²) < 4.78 is 10.8. The van der Waals surface area contributed by atoms with Crippen LogP contribution in [-0.4, -0.2) is 19.8 Å². The molecule has 0 aliphatic heterocycles. The molecule has 0 heterocycles. The van der Waals surface area contributed by atoms with E-state index in [0.717, 1.165) is 5.56 Å². The van der Waals surface area contributed by atoms with Crippen molar-refractivity contribution >= 4 is 11.6 Å². The molecule has 0 fully saturated rings. The Balaban J connectivity index is 2.87. The summed E-state index contributed by atoms with van der Waals surface area (Å²) in [7, 11) is 1.60. The largest absolute Gasteiger partial charge is 0.496 e. The van der Waals surface area contributed by atoms with Crippen LogP contribution in [0.2, 0.25) is 5.02 Å². The van der Waals surface area contributed by atoms with Crippen molar-refractivity contribution in [2.45, 2.75) is 26.0 Å². The monoisotopic (exact) mass is 258 g/mol. The maximum absolute atomic E-state index is 5.91. The van der Waals surface area contributed by atoms with Crippen molar-refractivity contribution in [2.75, 3.05) is 13.7 Å². The minimum atomic E-state index is -0.121. The van der Waals surface area contributed by atoms with Crippen molar-refractivity contribution in [3.05, 3.63) is 28.8 Å². The molecule has 0 aliphatic rings. The molecular weight excluding hydrogens is 240 g/mol. The minimum absolute atomic E-state index is 0.121. The van der Waals surface area contributed by atoms with E-state index in [1.165, 1.54) is 0 Å². The number of ether oxygens (including phenoxy) is 2. The van der Waals surface area contributed by atoms with E-state index in [-0.39, 0.29) is 12.1 Å². The van der Waals surface area contributed by atoms with Crippen molar-refractivity contribution in [1.29, 1.82) is 0 Å². The topological polar surface area (TPSA) is 56.5 Å². The number of halogens is 1. The zero-order valence-corrected chi connectivity index (χ0v) is 11.1. The van der Waals surface area contributed by atoms with Crippen LogP contribution in [0.15, 0.2) is 18.2 Å². The van der Waals surface area contributed by atoms with E-state index < -0.39 is 0 Å². The normalized spacial score (nSPS) is 12.8. The number of methoxy groups -OCH3 is 1. The van der Waals surface area contributed by atoms with Crippen LogP contribution < -0.4 is 16.0 Å². The molecule has 0 saturated heterocycles. The van der Waals surface area contributed by atoms with Gasteiger partial charge in [-0.05, 0) is 26.0 Å². The van der Waals surface area contributed by atoms with Crippen LogP contribution >= 0.6 is 11.6 Å². The first-order chi connectivity index (χ1) is 8.08. The fraction of sp³-hybridized carbons (Fsp3) is 0.500. The zero-order chi connectivity index (χ0) is 12.8. The molecule has 0 amide bonds. The van der Waals surface area contributed by atoms with Gasteiger partial charge in [0.15, 0.2) is 0 Å². The lowest BCUT2D eigenvalue weighted by Gasteiger charge is -2.20. The van der Waals surface area contributed by atoms with Gasteiger partial charge in [0.25, 0.3) is 0 Å². The van der Waals surface area contributed by atoms with E-state index in [4.69, 9.17) is 26.9 Å². The molecule has 17 heavy (non-hydrogen) atoms. The van der Waals surface area contributed by atoms with Gasteiger partial charge in [-0.1, -0.05) is 17.7 Å². The van der Waals surface area contributed by atoms with Crippen LogP contribution in [0, 0.1) is 0 Å². The Hall–Kier alpha value is -0.810. The summed E-state index contributed by atoms with van der Waals surface area (Å²) in [5, 5.41) is 0.631. The summed E-state index contributed by atoms with van der Waals surface area (Å²) in [6.45, 7) is 4.44. The van der Waals surface area contributed by atoms with E-state index in [1.807, 2.05) is 19.9 Å². The molecule has 0 saturated carbocycles. The summed E-state index contributed by atoms with van der Waals surface area (Å²) in [6, 6.07) is 5.33. The third kappa shape index (κ3) is 4.16. The summed E-state index contributed by atoms with van der Waals surface area (Å²) in [4.78, 5) is 0. The number of nitrogens with two attached hydrogens (primary N) is 1. The molecule has 5 heteroatoms. The van der Waals surface area contributed by atoms with Gasteiger partial charge in [0.1, 0.15) is 5.75 Å². The molecule has 1 atom stereocenters. The zero-order valence-electron chi connectivity index (χ0n) is 10.4. The number of nitrogens with one attached hydrogen (secondary N) is 1. The van der Waals surface area contributed by atoms with Crippen LogP contribution in [0.5, 0.6) is 5.75 Å². The molecule has 1 unspecified atom stereocenters. The maximum Gasteiger partial charge on any atom is 0.125 e. The van der Waals surface area contributed by atoms with Crippen molar-refractivity contribution in [3.8, 4) is 5.75 Å². The maximum atomic E-state index is 5.91. The second-order valence-electron chi connectivity index (χ2n) is 3.99. The highest BCUT2D eigenvalue weighted by Crippen LogP contribution is 2.28. The average molecular weight is 259 g/mol. The second kappa shape index (κ2) is 6.81. The Morgan fingerprint density at radius 3 is 2.65 bits per heavy atom. The highest BCUT2D eigenvalue weighted by molar-refractivity contribution is 6.30. The number of hydrazine groups is 1. The van der Waals surface area contributed by atoms with Crippen LogP contribution in [-0.2, 0) is 4.74 Å². The number of benzene rings is 1. The molecule has 1 aromatic rings. The van der Waals surface area contributed by atoms with E-state index in [1.54, 1.807) is 19.2 Å². The second-order valence-corrected chi connectivity index (χ2v) is 4.42. The Morgan fingerprint density at radius 2 is 2.12 bits per heavy atom. The summed E-state index contributed by atoms with van der Waals surface area (Å²) >= 11 is 5.91. The summed E-state index contributed by atoms with van der Waals surface area (Å²) in [5.74, 6) is 6.24. The highest BCUT2D eigenvalue weighted by atomic mass is 35.5. The number of hydrogen-bond acceptors (Lipinski definition) is 4. The van der Waals surface area contributed by atoms with Crippen molar-refractivity contribution in [3.63, 3.8) is 0 Å². The SMILES string of the molecule is COc1cc(Cl)ccc1C(COC(C)C)NN. The van der Waals surface area contributed by atoms with E-state index >= 15 is 0 Å². The molecule has 96 valence electrons. The van der Waals surface area contributed by atoms with E-state index in [9.17, 15) is 0 Å². The lowest BCUT2D eigenvalue weighted by molar-refractivity contribution is 0.0606. The van der Waals surface area contributed by atoms with Gasteiger partial charge in [-0.3, -0.25) is 11.3 Å². The van der Waals surface area contributed by atoms with Gasteiger partial charge < -0.3 is 9.47 Å². The lowest BCUT2D eigenvalue weighted by Crippen LogP contribution is -2.32. The smallest absolute Gasteiger partial charge is 0.125 e. The fourth-order valence-electron chi connectivity index (χ4n) is 1.49. The van der Waals surface area contributed by atoms with Gasteiger partial charge in [-0.25, -0.2) is 0 Å². The molecule has 3 N–H and O–H groups in total. The summed E-state index contributed by atoms with van der Waals surface area (Å²) in [5.41, 5.74) is 3.65. The van der Waals surface area contributed by atoms with Crippen LogP contribution in [0.4, 0.5) is 0 Å². The molecule has 0 bridgehead atoms. The lowest BCUT2D eigenvalue weighted by atomic mass is 10.1. The molecule has 1 aromatic carbocycles. The average Bonchev–Trinajstić information content (AvgIpc) is 2.30. The van der Waals surface area contributed by atoms with Crippen molar-refractivity contribution in [1.82, 2.24) is 5.43 Å². The Kier molecular flexibility index (Phi) is 5.71. The first-order valence-corrected chi connectivity index (χ1v) is 5.87. The van der Waals surface area contributed by atoms with Gasteiger partial charge in [0.2, 0.25) is 0 Å². The van der Waals surface area contributed by atoms with Crippen molar-refractivity contribution < 1.29 is 9.47 Å². The van der Waals surface area contributed by atoms with Gasteiger partial charge >= 0.3 is 0 Å². The minimum Gasteiger partial charge on any atom is -0.496 e. The first kappa shape index (κ1) is 14.3. The first-order valence-electron chi connectivity index (χ1n) is 5.49. The number of hydrogen-bond donors (Lipinski definition) is 2. The van der Waals surface area contributed by atoms with Gasteiger partial charge in [0.05, 0.1) is 25.9 Å². The van der Waals surface area contributed by atoms with E-state index in [0.29, 0.717) is 17.4 Å². The fourth-order valence-corrected chi connectivity index (χ4v) is 1.65. The number of rotatable bonds is 6. The van der Waals surface area contributed by atoms with Gasteiger partial charge in [0, 0.05) is 10.6 Å². The van der Waals surface area contributed by atoms with Crippen LogP contribution in [0.3, 0.4) is 0 Å². The molecule has 0 aromatic heterocycles. The van der Waals surface area contributed by atoms with E-state index in [2.05, 4.69) is 5.43 Å². The third-order valence-electron chi connectivity index (χ3n) is 2.37. The van der Waals surface area contributed by atoms with Crippen molar-refractivity contribution in [2.24, 2.45) is 5.84 Å². The predicted octanol–water partition coefficient (Wildman–Crippen LogP) is 2.28. The Bertz CT molecular complexity index is 358. The molecule has 1 rings (SSSR count). The van der Waals surface area contributed by atoms with Crippen LogP contribution in [0.1, 0.15) is 25.5 Å². The standard InChI is InChI=1S/C12H19ClN2O2/c1-8(2)17-7-11(15-14)10-5-4-9(13)6-12(10)16-3/h4-6,8,11,15H,7,14H2,1-3H3. The predicted molar refractivity (Wildman–Crippen MR) is 69.2 cm³/mol. The quantitative estimate of drug-likeness (QED) is 0.607. The van der Waals surface area contributed by atoms with Crippen LogP contribution in [0.25, 0.3) is 0 Å². The van der Waals surface area contributed by atoms with Gasteiger partial charge in [-0.2, -0.15) is 0 Å².